The molecule has 2 atom stereocenters. The Bertz CT molecular complexity index is 819. The van der Waals surface area contributed by atoms with Gasteiger partial charge in [-0.25, -0.2) is 4.98 Å². The van der Waals surface area contributed by atoms with Crippen LogP contribution in [0.5, 0.6) is 0 Å². The van der Waals surface area contributed by atoms with E-state index in [1.54, 1.807) is 24.6 Å². The van der Waals surface area contributed by atoms with Crippen LogP contribution in [0, 0.1) is 0 Å². The first kappa shape index (κ1) is 14.9. The maximum absolute atomic E-state index is 5.95. The lowest BCUT2D eigenvalue weighted by Gasteiger charge is -2.28. The van der Waals surface area contributed by atoms with Crippen molar-refractivity contribution >= 4 is 12.2 Å². The number of imidazole rings is 1. The summed E-state index contributed by atoms with van der Waals surface area (Å²) in [7, 11) is 1.96. The third kappa shape index (κ3) is 2.90. The first-order chi connectivity index (χ1) is 11.8. The maximum atomic E-state index is 5.95. The zero-order valence-corrected chi connectivity index (χ0v) is 13.3. The fraction of sp³-hybridized carbons (Fsp3) is 0.353. The molecule has 24 heavy (non-hydrogen) atoms. The number of hydrogen-bond acceptors (Lipinski definition) is 6. The van der Waals surface area contributed by atoms with E-state index in [1.165, 1.54) is 0 Å². The van der Waals surface area contributed by atoms with Crippen molar-refractivity contribution in [2.75, 3.05) is 6.61 Å². The van der Waals surface area contributed by atoms with E-state index in [-0.39, 0.29) is 12.0 Å². The maximum Gasteiger partial charge on any atom is 0.240 e. The molecular weight excluding hydrogens is 308 g/mol. The summed E-state index contributed by atoms with van der Waals surface area (Å²) in [6.45, 7) is 0.716. The van der Waals surface area contributed by atoms with Crippen LogP contribution >= 0.6 is 0 Å². The average Bonchev–Trinajstić information content (AvgIpc) is 3.35. The topological polar surface area (TPSA) is 79.1 Å². The summed E-state index contributed by atoms with van der Waals surface area (Å²) in [6.07, 6.45) is 10.6. The first-order valence-corrected chi connectivity index (χ1v) is 7.95. The van der Waals surface area contributed by atoms with Crippen LogP contribution in [0.1, 0.15) is 48.2 Å². The Morgan fingerprint density at radius 1 is 1.29 bits per heavy atom. The van der Waals surface area contributed by atoms with Gasteiger partial charge in [0, 0.05) is 32.1 Å². The lowest BCUT2D eigenvalue weighted by atomic mass is 9.93. The molecule has 0 spiro atoms. The molecule has 0 saturated carbocycles. The lowest BCUT2D eigenvalue weighted by molar-refractivity contribution is -0.0157. The summed E-state index contributed by atoms with van der Waals surface area (Å²) in [5, 5.41) is 8.32. The van der Waals surface area contributed by atoms with E-state index in [9.17, 15) is 0 Å². The molecule has 124 valence electrons. The van der Waals surface area contributed by atoms with Crippen LogP contribution in [-0.2, 0) is 11.8 Å². The highest BCUT2D eigenvalue weighted by atomic mass is 16.5. The molecule has 1 aliphatic heterocycles. The van der Waals surface area contributed by atoms with E-state index in [0.717, 1.165) is 24.4 Å². The van der Waals surface area contributed by atoms with Crippen molar-refractivity contribution in [1.29, 1.82) is 0 Å². The Hall–Kier alpha value is -2.67. The second kappa shape index (κ2) is 6.45. The average molecular weight is 326 g/mol. The number of aryl methyl sites for hydroxylation is 1. The molecule has 1 aliphatic rings. The molecule has 1 fully saturated rings. The fourth-order valence-electron chi connectivity index (χ4n) is 2.94. The third-order valence-corrected chi connectivity index (χ3v) is 4.14. The molecule has 0 N–H and O–H groups in total. The van der Waals surface area contributed by atoms with Crippen molar-refractivity contribution in [2.24, 2.45) is 7.05 Å². The van der Waals surface area contributed by atoms with Gasteiger partial charge in [0.2, 0.25) is 11.8 Å². The van der Waals surface area contributed by atoms with Gasteiger partial charge >= 0.3 is 0 Å². The minimum Gasteiger partial charge on any atom is -0.465 e. The highest BCUT2D eigenvalue weighted by Gasteiger charge is 2.35. The van der Waals surface area contributed by atoms with E-state index < -0.39 is 0 Å². The zero-order valence-electron chi connectivity index (χ0n) is 13.3. The molecule has 4 rings (SSSR count). The molecule has 0 amide bonds. The summed E-state index contributed by atoms with van der Waals surface area (Å²) in [5.41, 5.74) is 0. The number of rotatable bonds is 4. The summed E-state index contributed by atoms with van der Waals surface area (Å²) in [4.78, 5) is 4.41. The molecule has 0 aromatic carbocycles. The molecule has 7 heteroatoms. The van der Waals surface area contributed by atoms with Gasteiger partial charge in [0.05, 0.1) is 12.2 Å². The molecule has 4 heterocycles. The second-order valence-corrected chi connectivity index (χ2v) is 5.76. The summed E-state index contributed by atoms with van der Waals surface area (Å²) >= 11 is 0. The van der Waals surface area contributed by atoms with Crippen LogP contribution in [0.2, 0.25) is 0 Å². The van der Waals surface area contributed by atoms with E-state index in [1.807, 2.05) is 29.9 Å². The van der Waals surface area contributed by atoms with Gasteiger partial charge < -0.3 is 18.1 Å². The van der Waals surface area contributed by atoms with Crippen LogP contribution in [0.4, 0.5) is 0 Å². The Kier molecular flexibility index (Phi) is 4.00. The molecule has 7 nitrogen and oxygen atoms in total. The number of furan rings is 1. The predicted octanol–water partition coefficient (Wildman–Crippen LogP) is 3.20. The van der Waals surface area contributed by atoms with Crippen molar-refractivity contribution in [3.05, 3.63) is 54.2 Å². The third-order valence-electron chi connectivity index (χ3n) is 4.14. The van der Waals surface area contributed by atoms with Gasteiger partial charge in [-0.15, -0.1) is 10.2 Å². The van der Waals surface area contributed by atoms with Gasteiger partial charge in [-0.1, -0.05) is 0 Å². The molecule has 3 aromatic heterocycles. The van der Waals surface area contributed by atoms with Crippen molar-refractivity contribution in [3.8, 4) is 0 Å². The van der Waals surface area contributed by atoms with Crippen LogP contribution < -0.4 is 0 Å². The van der Waals surface area contributed by atoms with Crippen molar-refractivity contribution in [1.82, 2.24) is 19.7 Å². The second-order valence-electron chi connectivity index (χ2n) is 5.76. The number of nitrogens with zero attached hydrogens (tertiary/aromatic N) is 4. The minimum atomic E-state index is -0.166. The van der Waals surface area contributed by atoms with Gasteiger partial charge in [-0.05, 0) is 31.1 Å². The van der Waals surface area contributed by atoms with E-state index in [2.05, 4.69) is 15.2 Å². The van der Waals surface area contributed by atoms with Crippen molar-refractivity contribution < 1.29 is 13.6 Å². The normalized spacial score (nSPS) is 21.5. The molecule has 0 aliphatic carbocycles. The molecule has 0 unspecified atom stereocenters. The highest BCUT2D eigenvalue weighted by Crippen LogP contribution is 2.39. The Morgan fingerprint density at radius 2 is 2.25 bits per heavy atom. The van der Waals surface area contributed by atoms with E-state index in [0.29, 0.717) is 18.4 Å². The Labute approximate surface area is 139 Å². The fourth-order valence-corrected chi connectivity index (χ4v) is 2.94. The summed E-state index contributed by atoms with van der Waals surface area (Å²) in [5.74, 6) is 2.66. The molecule has 0 radical (unpaired) electrons. The van der Waals surface area contributed by atoms with E-state index in [4.69, 9.17) is 13.6 Å². The minimum absolute atomic E-state index is 0.0121. The van der Waals surface area contributed by atoms with Crippen LogP contribution in [0.15, 0.2) is 39.6 Å². The van der Waals surface area contributed by atoms with Gasteiger partial charge in [0.1, 0.15) is 17.7 Å². The summed E-state index contributed by atoms with van der Waals surface area (Å²) < 4.78 is 19.0. The Morgan fingerprint density at radius 3 is 3.04 bits per heavy atom. The number of hydrogen-bond donors (Lipinski definition) is 0. The van der Waals surface area contributed by atoms with Crippen LogP contribution in [0.25, 0.3) is 12.2 Å². The number of ether oxygens (including phenoxy) is 1. The number of aromatic nitrogens is 4. The molecule has 3 aromatic rings. The van der Waals surface area contributed by atoms with Crippen LogP contribution in [-0.4, -0.2) is 26.4 Å². The zero-order chi connectivity index (χ0) is 16.4. The monoisotopic (exact) mass is 326 g/mol. The van der Waals surface area contributed by atoms with E-state index >= 15 is 0 Å². The highest BCUT2D eigenvalue weighted by molar-refractivity contribution is 5.62. The van der Waals surface area contributed by atoms with Crippen molar-refractivity contribution in [3.63, 3.8) is 0 Å². The molecule has 1 saturated heterocycles. The van der Waals surface area contributed by atoms with Crippen molar-refractivity contribution in [2.45, 2.75) is 24.9 Å². The molecule has 0 bridgehead atoms. The lowest BCUT2D eigenvalue weighted by Crippen LogP contribution is -2.23. The molecular formula is C17H18N4O3. The summed E-state index contributed by atoms with van der Waals surface area (Å²) in [6, 6.07) is 3.69. The predicted molar refractivity (Wildman–Crippen MR) is 85.8 cm³/mol. The first-order valence-electron chi connectivity index (χ1n) is 7.95. The Balaban J connectivity index is 1.56. The van der Waals surface area contributed by atoms with Crippen LogP contribution in [0.3, 0.4) is 0 Å². The van der Waals surface area contributed by atoms with Gasteiger partial charge in [0.15, 0.2) is 0 Å². The quantitative estimate of drug-likeness (QED) is 0.732. The SMILES string of the molecule is Cn1ccnc1[C@@H]1OCCC[C@H]1c1nnc(/C=C/c2ccco2)o1. The van der Waals surface area contributed by atoms with Gasteiger partial charge in [0.25, 0.3) is 0 Å². The smallest absolute Gasteiger partial charge is 0.240 e. The van der Waals surface area contributed by atoms with Gasteiger partial charge in [-0.3, -0.25) is 0 Å². The largest absolute Gasteiger partial charge is 0.465 e. The van der Waals surface area contributed by atoms with Gasteiger partial charge in [-0.2, -0.15) is 0 Å². The standard InChI is InChI=1S/C17H18N4O3/c1-21-9-8-18-16(21)15-13(5-3-11-23-15)17-20-19-14(24-17)7-6-12-4-2-10-22-12/h2,4,6-10,13,15H,3,5,11H2,1H3/b7-6+/t13-,15-/m1/s1.